The lowest BCUT2D eigenvalue weighted by Crippen LogP contribution is -1.96. The Hall–Kier alpha value is -1.74. The summed E-state index contributed by atoms with van der Waals surface area (Å²) in [6.45, 7) is 7.03. The molecule has 3 nitrogen and oxygen atoms in total. The molecule has 0 bridgehead atoms. The number of nitrogens with zero attached hydrogens (tertiary/aromatic N) is 1. The van der Waals surface area contributed by atoms with Gasteiger partial charge in [-0.15, -0.1) is 0 Å². The van der Waals surface area contributed by atoms with Crippen LogP contribution in [0.4, 0.5) is 0 Å². The van der Waals surface area contributed by atoms with E-state index in [1.165, 1.54) is 11.1 Å². The van der Waals surface area contributed by atoms with Gasteiger partial charge in [0.1, 0.15) is 5.15 Å². The number of aliphatic carboxylic acids is 1. The van der Waals surface area contributed by atoms with Crippen molar-refractivity contribution < 1.29 is 9.90 Å². The number of hydrogen-bond donors (Lipinski definition) is 1. The lowest BCUT2D eigenvalue weighted by molar-refractivity contribution is -0.131. The van der Waals surface area contributed by atoms with Gasteiger partial charge in [0.25, 0.3) is 0 Å². The number of carboxylic acid groups (broad SMARTS) is 1. The molecule has 2 aromatic rings. The summed E-state index contributed by atoms with van der Waals surface area (Å²) in [7, 11) is 0. The van der Waals surface area contributed by atoms with E-state index in [4.69, 9.17) is 16.7 Å². The molecule has 0 aliphatic carbocycles. The van der Waals surface area contributed by atoms with Gasteiger partial charge in [0, 0.05) is 23.6 Å². The van der Waals surface area contributed by atoms with E-state index in [2.05, 4.69) is 26.0 Å². The van der Waals surface area contributed by atoms with Gasteiger partial charge in [-0.3, -0.25) is 0 Å². The van der Waals surface area contributed by atoms with Crippen LogP contribution in [-0.2, 0) is 11.3 Å². The number of carboxylic acids is 1. The van der Waals surface area contributed by atoms with Crippen LogP contribution >= 0.6 is 11.6 Å². The zero-order chi connectivity index (χ0) is 14.9. The number of rotatable bonds is 4. The fourth-order valence-electron chi connectivity index (χ4n) is 2.36. The van der Waals surface area contributed by atoms with Crippen LogP contribution in [0.15, 0.2) is 18.2 Å². The van der Waals surface area contributed by atoms with Crippen LogP contribution in [0.3, 0.4) is 0 Å². The van der Waals surface area contributed by atoms with Gasteiger partial charge < -0.3 is 9.67 Å². The molecule has 0 aliphatic heterocycles. The fourth-order valence-corrected chi connectivity index (χ4v) is 2.70. The van der Waals surface area contributed by atoms with Crippen LogP contribution in [0.2, 0.25) is 5.15 Å². The molecule has 0 aliphatic rings. The number of halogens is 1. The van der Waals surface area contributed by atoms with Crippen molar-refractivity contribution in [3.63, 3.8) is 0 Å². The summed E-state index contributed by atoms with van der Waals surface area (Å²) in [4.78, 5) is 10.7. The van der Waals surface area contributed by atoms with E-state index in [1.54, 1.807) is 6.08 Å². The van der Waals surface area contributed by atoms with Crippen LogP contribution in [-0.4, -0.2) is 15.6 Å². The molecule has 1 aromatic heterocycles. The number of carbonyl (C=O) groups is 1. The molecule has 1 heterocycles. The van der Waals surface area contributed by atoms with Crippen molar-refractivity contribution in [2.24, 2.45) is 0 Å². The van der Waals surface area contributed by atoms with E-state index in [9.17, 15) is 4.79 Å². The second kappa shape index (κ2) is 5.71. The van der Waals surface area contributed by atoms with Crippen LogP contribution in [0.1, 0.15) is 30.0 Å². The van der Waals surface area contributed by atoms with Gasteiger partial charge in [-0.1, -0.05) is 18.5 Å². The van der Waals surface area contributed by atoms with Crippen molar-refractivity contribution in [2.75, 3.05) is 0 Å². The van der Waals surface area contributed by atoms with E-state index in [0.29, 0.717) is 5.15 Å². The molecule has 1 aromatic carbocycles. The molecule has 0 unspecified atom stereocenters. The summed E-state index contributed by atoms with van der Waals surface area (Å²) >= 11 is 6.44. The molecule has 0 spiro atoms. The summed E-state index contributed by atoms with van der Waals surface area (Å²) in [5.74, 6) is -0.971. The predicted octanol–water partition coefficient (Wildman–Crippen LogP) is 4.42. The largest absolute Gasteiger partial charge is 0.478 e. The van der Waals surface area contributed by atoms with Crippen LogP contribution in [0.25, 0.3) is 17.0 Å². The Morgan fingerprint density at radius 2 is 2.00 bits per heavy atom. The Morgan fingerprint density at radius 1 is 1.35 bits per heavy atom. The van der Waals surface area contributed by atoms with Crippen molar-refractivity contribution in [3.8, 4) is 0 Å². The topological polar surface area (TPSA) is 42.2 Å². The molecule has 0 atom stereocenters. The monoisotopic (exact) mass is 291 g/mol. The summed E-state index contributed by atoms with van der Waals surface area (Å²) in [5.41, 5.74) is 4.22. The molecule has 0 amide bonds. The smallest absolute Gasteiger partial charge is 0.328 e. The van der Waals surface area contributed by atoms with Gasteiger partial charge in [0.05, 0.1) is 5.52 Å². The maximum absolute atomic E-state index is 10.7. The number of aromatic nitrogens is 1. The summed E-state index contributed by atoms with van der Waals surface area (Å²) in [6.07, 6.45) is 3.68. The molecule has 2 rings (SSSR count). The van der Waals surface area contributed by atoms with Crippen LogP contribution < -0.4 is 0 Å². The zero-order valence-electron chi connectivity index (χ0n) is 11.9. The highest BCUT2D eigenvalue weighted by Gasteiger charge is 2.14. The van der Waals surface area contributed by atoms with E-state index in [-0.39, 0.29) is 0 Å². The minimum Gasteiger partial charge on any atom is -0.478 e. The first-order valence-electron chi connectivity index (χ1n) is 6.65. The standard InChI is InChI=1S/C16H18ClNO2/c1-4-7-18-14-9-11(3)10(2)8-13(14)12(16(18)17)5-6-15(19)20/h5-6,8-9H,4,7H2,1-3H3,(H,19,20)/b6-5+. The van der Waals surface area contributed by atoms with Crippen molar-refractivity contribution in [1.82, 2.24) is 4.57 Å². The normalized spacial score (nSPS) is 11.6. The Bertz CT molecular complexity index is 698. The zero-order valence-corrected chi connectivity index (χ0v) is 12.7. The second-order valence-electron chi connectivity index (χ2n) is 4.98. The Morgan fingerprint density at radius 3 is 2.60 bits per heavy atom. The Balaban J connectivity index is 2.75. The Labute approximate surface area is 123 Å². The average Bonchev–Trinajstić information content (AvgIpc) is 2.62. The molecule has 0 radical (unpaired) electrons. The molecular weight excluding hydrogens is 274 g/mol. The van der Waals surface area contributed by atoms with Gasteiger partial charge in [-0.25, -0.2) is 4.79 Å². The Kier molecular flexibility index (Phi) is 4.19. The molecule has 0 saturated heterocycles. The lowest BCUT2D eigenvalue weighted by Gasteiger charge is -2.06. The van der Waals surface area contributed by atoms with Gasteiger partial charge in [-0.05, 0) is 49.6 Å². The first-order chi connectivity index (χ1) is 9.45. The third-order valence-electron chi connectivity index (χ3n) is 3.49. The fraction of sp³-hybridized carbons (Fsp3) is 0.312. The van der Waals surface area contributed by atoms with Gasteiger partial charge >= 0.3 is 5.97 Å². The molecular formula is C16H18ClNO2. The van der Waals surface area contributed by atoms with Gasteiger partial charge in [-0.2, -0.15) is 0 Å². The third kappa shape index (κ3) is 2.59. The molecule has 20 heavy (non-hydrogen) atoms. The highest BCUT2D eigenvalue weighted by Crippen LogP contribution is 2.33. The molecule has 4 heteroatoms. The SMILES string of the molecule is CCCn1c(Cl)c(/C=C/C(=O)O)c2cc(C)c(C)cc21. The van der Waals surface area contributed by atoms with Crippen LogP contribution in [0, 0.1) is 13.8 Å². The quantitative estimate of drug-likeness (QED) is 0.847. The van der Waals surface area contributed by atoms with Crippen molar-refractivity contribution >= 4 is 34.5 Å². The first kappa shape index (κ1) is 14.7. The minimum atomic E-state index is -0.971. The molecule has 0 fully saturated rings. The molecule has 1 N–H and O–H groups in total. The number of hydrogen-bond acceptors (Lipinski definition) is 1. The highest BCUT2D eigenvalue weighted by atomic mass is 35.5. The average molecular weight is 292 g/mol. The predicted molar refractivity (Wildman–Crippen MR) is 83.4 cm³/mol. The van der Waals surface area contributed by atoms with Crippen LogP contribution in [0.5, 0.6) is 0 Å². The van der Waals surface area contributed by atoms with Crippen molar-refractivity contribution in [2.45, 2.75) is 33.7 Å². The summed E-state index contributed by atoms with van der Waals surface area (Å²) in [5, 5.41) is 10.4. The first-order valence-corrected chi connectivity index (χ1v) is 7.03. The van der Waals surface area contributed by atoms with Crippen molar-refractivity contribution in [3.05, 3.63) is 40.1 Å². The maximum atomic E-state index is 10.7. The van der Waals surface area contributed by atoms with E-state index < -0.39 is 5.97 Å². The lowest BCUT2D eigenvalue weighted by atomic mass is 10.0. The summed E-state index contributed by atoms with van der Waals surface area (Å²) in [6, 6.07) is 4.19. The molecule has 0 saturated carbocycles. The number of fused-ring (bicyclic) bond motifs is 1. The van der Waals surface area contributed by atoms with Gasteiger partial charge in [0.2, 0.25) is 0 Å². The van der Waals surface area contributed by atoms with E-state index in [1.807, 2.05) is 11.5 Å². The second-order valence-corrected chi connectivity index (χ2v) is 5.34. The highest BCUT2D eigenvalue weighted by molar-refractivity contribution is 6.33. The van der Waals surface area contributed by atoms with Gasteiger partial charge in [0.15, 0.2) is 0 Å². The van der Waals surface area contributed by atoms with E-state index in [0.717, 1.165) is 35.5 Å². The number of aryl methyl sites for hydroxylation is 3. The van der Waals surface area contributed by atoms with E-state index >= 15 is 0 Å². The van der Waals surface area contributed by atoms with Crippen molar-refractivity contribution in [1.29, 1.82) is 0 Å². The number of benzene rings is 1. The maximum Gasteiger partial charge on any atom is 0.328 e. The minimum absolute atomic E-state index is 0.601. The summed E-state index contributed by atoms with van der Waals surface area (Å²) < 4.78 is 2.05. The third-order valence-corrected chi connectivity index (χ3v) is 3.90. The molecule has 106 valence electrons.